The molecule has 0 amide bonds. The van der Waals surface area contributed by atoms with Crippen molar-refractivity contribution < 1.29 is 9.47 Å². The van der Waals surface area contributed by atoms with Crippen LogP contribution in [0.1, 0.15) is 19.3 Å². The smallest absolute Gasteiger partial charge is 0.0935 e. The van der Waals surface area contributed by atoms with Gasteiger partial charge < -0.3 is 14.8 Å². The molecule has 0 heterocycles. The van der Waals surface area contributed by atoms with Crippen LogP contribution in [0.3, 0.4) is 0 Å². The molecule has 0 saturated heterocycles. The van der Waals surface area contributed by atoms with Gasteiger partial charge in [-0.05, 0) is 26.3 Å². The topological polar surface area (TPSA) is 30.5 Å². The highest BCUT2D eigenvalue weighted by molar-refractivity contribution is 4.72. The molecule has 0 bridgehead atoms. The van der Waals surface area contributed by atoms with E-state index in [4.69, 9.17) is 9.47 Å². The molecule has 0 aromatic carbocycles. The van der Waals surface area contributed by atoms with Gasteiger partial charge in [-0.3, -0.25) is 0 Å². The predicted molar refractivity (Wildman–Crippen MR) is 48.3 cm³/mol. The van der Waals surface area contributed by atoms with Gasteiger partial charge in [0, 0.05) is 13.7 Å². The fraction of sp³-hybridized carbons (Fsp3) is 1.00. The van der Waals surface area contributed by atoms with Gasteiger partial charge in [0.15, 0.2) is 0 Å². The van der Waals surface area contributed by atoms with Gasteiger partial charge in [0.05, 0.1) is 18.8 Å². The second-order valence-electron chi connectivity index (χ2n) is 3.32. The molecular formula is C9H19NO2. The maximum Gasteiger partial charge on any atom is 0.0935 e. The fourth-order valence-corrected chi connectivity index (χ4v) is 1.34. The summed E-state index contributed by atoms with van der Waals surface area (Å²) in [5, 5.41) is 3.10. The van der Waals surface area contributed by atoms with Crippen molar-refractivity contribution in [2.75, 3.05) is 27.3 Å². The summed E-state index contributed by atoms with van der Waals surface area (Å²) in [6.45, 7) is 1.57. The third kappa shape index (κ3) is 3.09. The Morgan fingerprint density at radius 1 is 1.50 bits per heavy atom. The van der Waals surface area contributed by atoms with Crippen LogP contribution < -0.4 is 5.32 Å². The lowest BCUT2D eigenvalue weighted by Crippen LogP contribution is -2.36. The third-order valence-electron chi connectivity index (χ3n) is 2.22. The van der Waals surface area contributed by atoms with E-state index in [1.807, 2.05) is 7.05 Å². The van der Waals surface area contributed by atoms with Gasteiger partial charge in [-0.25, -0.2) is 0 Å². The van der Waals surface area contributed by atoms with Gasteiger partial charge in [0.1, 0.15) is 0 Å². The third-order valence-corrected chi connectivity index (χ3v) is 2.22. The molecule has 0 aliphatic heterocycles. The average molecular weight is 173 g/mol. The molecule has 0 aromatic rings. The van der Waals surface area contributed by atoms with Crippen molar-refractivity contribution in [3.63, 3.8) is 0 Å². The fourth-order valence-electron chi connectivity index (χ4n) is 1.34. The maximum atomic E-state index is 5.78. The molecule has 0 spiro atoms. The molecule has 1 rings (SSSR count). The van der Waals surface area contributed by atoms with E-state index in [9.17, 15) is 0 Å². The number of rotatable bonds is 6. The van der Waals surface area contributed by atoms with E-state index in [0.29, 0.717) is 12.7 Å². The van der Waals surface area contributed by atoms with E-state index >= 15 is 0 Å². The van der Waals surface area contributed by atoms with Crippen LogP contribution in [0.15, 0.2) is 0 Å². The lowest BCUT2D eigenvalue weighted by atomic mass is 9.96. The van der Waals surface area contributed by atoms with E-state index < -0.39 is 0 Å². The van der Waals surface area contributed by atoms with Crippen LogP contribution in [0.5, 0.6) is 0 Å². The van der Waals surface area contributed by atoms with Crippen LogP contribution >= 0.6 is 0 Å². The molecule has 1 atom stereocenters. The summed E-state index contributed by atoms with van der Waals surface area (Å²) >= 11 is 0. The Bertz CT molecular complexity index is 109. The summed E-state index contributed by atoms with van der Waals surface area (Å²) in [5.41, 5.74) is 0. The Morgan fingerprint density at radius 3 is 2.67 bits per heavy atom. The number of nitrogens with one attached hydrogen (secondary N) is 1. The van der Waals surface area contributed by atoms with Crippen LogP contribution in [0.25, 0.3) is 0 Å². The first kappa shape index (κ1) is 9.96. The molecule has 1 N–H and O–H groups in total. The quantitative estimate of drug-likeness (QED) is 0.644. The molecule has 0 aromatic heterocycles. The van der Waals surface area contributed by atoms with Crippen molar-refractivity contribution in [1.29, 1.82) is 0 Å². The molecule has 72 valence electrons. The van der Waals surface area contributed by atoms with Gasteiger partial charge in [-0.15, -0.1) is 0 Å². The molecule has 1 unspecified atom stereocenters. The lowest BCUT2D eigenvalue weighted by molar-refractivity contribution is -0.0755. The van der Waals surface area contributed by atoms with E-state index in [-0.39, 0.29) is 6.10 Å². The summed E-state index contributed by atoms with van der Waals surface area (Å²) in [6, 6.07) is 0. The monoisotopic (exact) mass is 173 g/mol. The van der Waals surface area contributed by atoms with Crippen molar-refractivity contribution in [3.05, 3.63) is 0 Å². The highest BCUT2D eigenvalue weighted by Crippen LogP contribution is 2.23. The van der Waals surface area contributed by atoms with Crippen LogP contribution in [0, 0.1) is 0 Å². The molecular weight excluding hydrogens is 154 g/mol. The minimum Gasteiger partial charge on any atom is -0.382 e. The Balaban J connectivity index is 2.11. The summed E-state index contributed by atoms with van der Waals surface area (Å²) < 4.78 is 10.8. The summed E-state index contributed by atoms with van der Waals surface area (Å²) in [7, 11) is 3.65. The zero-order valence-electron chi connectivity index (χ0n) is 8.01. The van der Waals surface area contributed by atoms with Crippen LogP contribution in [0.4, 0.5) is 0 Å². The summed E-state index contributed by atoms with van der Waals surface area (Å²) in [4.78, 5) is 0. The first-order chi connectivity index (χ1) is 5.86. The zero-order valence-corrected chi connectivity index (χ0v) is 8.01. The van der Waals surface area contributed by atoms with Gasteiger partial charge in [0.2, 0.25) is 0 Å². The molecule has 1 saturated carbocycles. The second-order valence-corrected chi connectivity index (χ2v) is 3.32. The highest BCUT2D eigenvalue weighted by atomic mass is 16.5. The Kier molecular flexibility index (Phi) is 4.58. The molecule has 3 nitrogen and oxygen atoms in total. The highest BCUT2D eigenvalue weighted by Gasteiger charge is 2.21. The SMILES string of the molecule is CNCC(COC)OC1CCC1. The van der Waals surface area contributed by atoms with Crippen molar-refractivity contribution in [1.82, 2.24) is 5.32 Å². The number of ether oxygens (including phenoxy) is 2. The Morgan fingerprint density at radius 2 is 2.25 bits per heavy atom. The number of likely N-dealkylation sites (N-methyl/N-ethyl adjacent to an activating group) is 1. The average Bonchev–Trinajstić information content (AvgIpc) is 1.97. The van der Waals surface area contributed by atoms with E-state index in [2.05, 4.69) is 5.32 Å². The maximum absolute atomic E-state index is 5.78. The van der Waals surface area contributed by atoms with Gasteiger partial charge >= 0.3 is 0 Å². The standard InChI is InChI=1S/C9H19NO2/c1-10-6-9(7-11-2)12-8-4-3-5-8/h8-10H,3-7H2,1-2H3. The minimum absolute atomic E-state index is 0.227. The second kappa shape index (κ2) is 5.51. The van der Waals surface area contributed by atoms with Crippen molar-refractivity contribution in [3.8, 4) is 0 Å². The van der Waals surface area contributed by atoms with E-state index in [1.54, 1.807) is 7.11 Å². The first-order valence-corrected chi connectivity index (χ1v) is 4.65. The minimum atomic E-state index is 0.227. The lowest BCUT2D eigenvalue weighted by Gasteiger charge is -2.30. The zero-order chi connectivity index (χ0) is 8.81. The van der Waals surface area contributed by atoms with Gasteiger partial charge in [-0.2, -0.15) is 0 Å². The van der Waals surface area contributed by atoms with E-state index in [1.165, 1.54) is 19.3 Å². The predicted octanol–water partition coefficient (Wildman–Crippen LogP) is 0.790. The van der Waals surface area contributed by atoms with E-state index in [0.717, 1.165) is 6.54 Å². The summed E-state index contributed by atoms with van der Waals surface area (Å²) in [5.74, 6) is 0. The van der Waals surface area contributed by atoms with Crippen molar-refractivity contribution >= 4 is 0 Å². The number of hydrogen-bond donors (Lipinski definition) is 1. The molecule has 1 fully saturated rings. The Hall–Kier alpha value is -0.120. The Labute approximate surface area is 74.4 Å². The number of methoxy groups -OCH3 is 1. The van der Waals surface area contributed by atoms with Crippen molar-refractivity contribution in [2.45, 2.75) is 31.5 Å². The number of hydrogen-bond acceptors (Lipinski definition) is 3. The van der Waals surface area contributed by atoms with Crippen LogP contribution in [-0.4, -0.2) is 39.5 Å². The van der Waals surface area contributed by atoms with Crippen LogP contribution in [0.2, 0.25) is 0 Å². The first-order valence-electron chi connectivity index (χ1n) is 4.65. The molecule has 12 heavy (non-hydrogen) atoms. The molecule has 1 aliphatic carbocycles. The summed E-state index contributed by atoms with van der Waals surface area (Å²) in [6.07, 6.45) is 4.50. The largest absolute Gasteiger partial charge is 0.382 e. The van der Waals surface area contributed by atoms with Gasteiger partial charge in [0.25, 0.3) is 0 Å². The normalized spacial score (nSPS) is 20.5. The van der Waals surface area contributed by atoms with Crippen molar-refractivity contribution in [2.24, 2.45) is 0 Å². The molecule has 3 heteroatoms. The van der Waals surface area contributed by atoms with Gasteiger partial charge in [-0.1, -0.05) is 0 Å². The molecule has 0 radical (unpaired) electrons. The molecule has 1 aliphatic rings. The van der Waals surface area contributed by atoms with Crippen LogP contribution in [-0.2, 0) is 9.47 Å².